The molecule has 20 heteroatoms. The van der Waals surface area contributed by atoms with E-state index in [9.17, 15) is 4.39 Å². The van der Waals surface area contributed by atoms with E-state index in [-0.39, 0.29) is 5.82 Å². The van der Waals surface area contributed by atoms with Gasteiger partial charge >= 0.3 is 0 Å². The number of furan rings is 2. The van der Waals surface area contributed by atoms with Gasteiger partial charge in [-0.2, -0.15) is 15.5 Å². The fourth-order valence-corrected chi connectivity index (χ4v) is 23.8. The van der Waals surface area contributed by atoms with Gasteiger partial charge in [-0.05, 0) is 359 Å². The Labute approximate surface area is 755 Å². The van der Waals surface area contributed by atoms with E-state index in [1.807, 2.05) is 92.2 Å². The van der Waals surface area contributed by atoms with Crippen LogP contribution in [-0.4, -0.2) is 148 Å². The third-order valence-electron chi connectivity index (χ3n) is 30.9. The second-order valence-corrected chi connectivity index (χ2v) is 39.0. The van der Waals surface area contributed by atoms with Gasteiger partial charge in [-0.15, -0.1) is 0 Å². The number of allylic oxidation sites excluding steroid dienone is 9. The van der Waals surface area contributed by atoms with Crippen LogP contribution in [0.4, 0.5) is 4.39 Å². The monoisotopic (exact) mass is 1720 g/mol. The van der Waals surface area contributed by atoms with E-state index in [1.165, 1.54) is 180 Å². The molecule has 9 aliphatic carbocycles. The molecule has 0 amide bonds. The van der Waals surface area contributed by atoms with Crippen LogP contribution < -0.4 is 47.9 Å². The van der Waals surface area contributed by atoms with E-state index in [0.717, 1.165) is 202 Å². The number of fused-ring (bicyclic) bond motifs is 9. The van der Waals surface area contributed by atoms with Crippen LogP contribution in [0.25, 0.3) is 50.2 Å². The highest BCUT2D eigenvalue weighted by atomic mass is 19.1. The predicted octanol–water partition coefficient (Wildman–Crippen LogP) is 16.7. The molecule has 18 atom stereocenters. The number of H-pyrrole nitrogens is 1. The SMILES string of the molecule is C1=C(c2cccnc2)CC2CNCC12.C1=C(c2ccco2)CC2CNCC12.C1=C(c2ccoc2)CC2CNCC12.Cc1[nH]ncc1C1=CC2CNCC2C1.Cc1ccccc1C1=CC2CNCC2C1.Cc1nocc1C1=CC2CNCC2C1.Cn1nccc1C1=CC2CNCC2C1.Fc1ccccc1C1=CC2CNCC2C1.N#Cc1ccccc1C1=CC2CNCC2C1. The van der Waals surface area contributed by atoms with Crippen LogP contribution >= 0.6 is 0 Å². The molecule has 9 aromatic rings. The zero-order chi connectivity index (χ0) is 86.8. The predicted molar refractivity (Wildman–Crippen MR) is 510 cm³/mol. The summed E-state index contributed by atoms with van der Waals surface area (Å²) in [6.45, 7) is 27.0. The Balaban J connectivity index is 0.0000000937. The zero-order valence-electron chi connectivity index (χ0n) is 75.0. The third kappa shape index (κ3) is 20.2. The number of nitriles is 1. The molecule has 18 unspecified atom stereocenters. The molecule has 18 aliphatic rings. The highest BCUT2D eigenvalue weighted by molar-refractivity contribution is 5.76. The first-order valence-electron chi connectivity index (χ1n) is 47.8. The molecule has 9 aliphatic heterocycles. The second kappa shape index (κ2) is 40.8. The maximum atomic E-state index is 13.6. The highest BCUT2D eigenvalue weighted by Crippen LogP contribution is 2.47. The fourth-order valence-electron chi connectivity index (χ4n) is 23.8. The number of pyridine rings is 1. The third-order valence-corrected chi connectivity index (χ3v) is 30.9. The second-order valence-electron chi connectivity index (χ2n) is 39.0. The number of nitrogens with zero attached hydrogens (tertiary/aromatic N) is 6. The van der Waals surface area contributed by atoms with Gasteiger partial charge in [0.2, 0.25) is 0 Å². The van der Waals surface area contributed by atoms with E-state index in [1.54, 1.807) is 36.5 Å². The van der Waals surface area contributed by atoms with Crippen LogP contribution in [0.5, 0.6) is 0 Å². The number of aryl methyl sites for hydroxylation is 4. The summed E-state index contributed by atoms with van der Waals surface area (Å²) in [6.07, 6.45) is 47.0. The van der Waals surface area contributed by atoms with Crippen molar-refractivity contribution in [1.29, 1.82) is 5.26 Å². The molecule has 3 aromatic carbocycles. The lowest BCUT2D eigenvalue weighted by Gasteiger charge is -2.08. The smallest absolute Gasteiger partial charge is 0.131 e. The molecule has 0 bridgehead atoms. The highest BCUT2D eigenvalue weighted by Gasteiger charge is 2.40. The Hall–Kier alpha value is -10.3. The van der Waals surface area contributed by atoms with Gasteiger partial charge in [-0.3, -0.25) is 14.8 Å². The van der Waals surface area contributed by atoms with Crippen molar-refractivity contribution in [3.8, 4) is 6.07 Å². The van der Waals surface area contributed by atoms with Gasteiger partial charge in [0.1, 0.15) is 17.8 Å². The first-order chi connectivity index (χ1) is 62.9. The topological polar surface area (TPSA) is 244 Å². The summed E-state index contributed by atoms with van der Waals surface area (Å²) in [6, 6.07) is 38.4. The number of benzene rings is 3. The number of rotatable bonds is 9. The van der Waals surface area contributed by atoms with Crippen molar-refractivity contribution in [1.82, 2.24) is 78.0 Å². The van der Waals surface area contributed by atoms with E-state index in [0.29, 0.717) is 17.8 Å². The van der Waals surface area contributed by atoms with Crippen LogP contribution in [0.2, 0.25) is 0 Å². The molecule has 19 nitrogen and oxygen atoms in total. The average molecular weight is 1720 g/mol. The fraction of sp³-hybridized carbons (Fsp3) is 0.454. The molecular formula is C108H129FN16O3. The number of nitrogens with one attached hydrogen (secondary N) is 10. The van der Waals surface area contributed by atoms with Gasteiger partial charge < -0.3 is 61.2 Å². The summed E-state index contributed by atoms with van der Waals surface area (Å²) < 4.78 is 31.0. The minimum atomic E-state index is -0.0864. The quantitative estimate of drug-likeness (QED) is 0.0646. The van der Waals surface area contributed by atoms with Crippen LogP contribution in [0.15, 0.2) is 227 Å². The van der Waals surface area contributed by atoms with Gasteiger partial charge in [-0.25, -0.2) is 4.39 Å². The molecule has 128 heavy (non-hydrogen) atoms. The first-order valence-corrected chi connectivity index (χ1v) is 47.8. The molecule has 10 N–H and O–H groups in total. The summed E-state index contributed by atoms with van der Waals surface area (Å²) in [5.74, 6) is 14.9. The molecule has 0 spiro atoms. The van der Waals surface area contributed by atoms with E-state index >= 15 is 0 Å². The molecule has 9 saturated heterocycles. The molecule has 666 valence electrons. The minimum Gasteiger partial charge on any atom is -0.472 e. The lowest BCUT2D eigenvalue weighted by molar-refractivity contribution is 0.414. The van der Waals surface area contributed by atoms with E-state index in [4.69, 9.17) is 18.6 Å². The molecule has 0 saturated carbocycles. The molecule has 0 radical (unpaired) electrons. The van der Waals surface area contributed by atoms with Crippen molar-refractivity contribution < 1.29 is 17.7 Å². The Morgan fingerprint density at radius 3 is 1.22 bits per heavy atom. The Bertz CT molecular complexity index is 5290. The van der Waals surface area contributed by atoms with Crippen LogP contribution in [-0.2, 0) is 7.05 Å². The van der Waals surface area contributed by atoms with Crippen molar-refractivity contribution >= 4 is 50.2 Å². The minimum absolute atomic E-state index is 0.0864. The number of aromatic amines is 1. The lowest BCUT2D eigenvalue weighted by atomic mass is 9.96. The maximum absolute atomic E-state index is 13.6. The van der Waals surface area contributed by atoms with E-state index < -0.39 is 0 Å². The van der Waals surface area contributed by atoms with Gasteiger partial charge in [0.15, 0.2) is 0 Å². The maximum Gasteiger partial charge on any atom is 0.131 e. The van der Waals surface area contributed by atoms with Gasteiger partial charge in [0.25, 0.3) is 0 Å². The Morgan fingerprint density at radius 2 is 0.797 bits per heavy atom. The summed E-state index contributed by atoms with van der Waals surface area (Å²) in [7, 11) is 2.02. The standard InChI is InChI=1S/C14H14N2.C14H17N.C13H14FN.C12H14N2.2C11H15N3.C11H14N2O.2C11H13NO/c15-7-10-3-1-2-4-14(10)11-5-12-8-16-9-13(12)6-11;1-10-4-2-3-5-14(10)11-6-12-8-15-9-13(12)7-11;14-13-4-2-1-3-12(13)9-5-10-7-15-8-11(10)6-9;1-2-9(6-13-3-1)10-4-11-7-14-8-12(11)5-10;1-7-11(6-13-14-7)8-2-9-4-12-5-10(9)3-8;1-14-11(2-3-13-14)8-4-9-6-12-7-10(9)5-8;1-7-11(6-14-13-7)8-2-9-4-12-5-10(9)3-8;1-2-13-7-8(1)9-3-10-5-12-6-11(10)4-9;1-2-11(13-3-1)8-4-9-6-12-7-10(9)5-8/h1-5,12-13,16H,6,8-9H2;2-6,12-13,15H,7-9H2,1H3;1-5,10-11,15H,6-8H2;1-4,6,11-12,14H,5,7-8H2;2,6,9-10,12H,3-5H2,1H3,(H,13,14);2-4,9-10,12H,5-7H2,1H3;2,6,9-10,12H,3-5H2,1H3;1-3,7,10-12H,4-6H2;1-4,9-10,12H,5-7H2. The van der Waals surface area contributed by atoms with Crippen molar-refractivity contribution in [2.75, 3.05) is 118 Å². The van der Waals surface area contributed by atoms with Crippen LogP contribution in [0, 0.1) is 144 Å². The Morgan fingerprint density at radius 1 is 0.375 bits per heavy atom. The van der Waals surface area contributed by atoms with E-state index in [2.05, 4.69) is 202 Å². The van der Waals surface area contributed by atoms with Gasteiger partial charge in [0.05, 0.1) is 48.0 Å². The number of hydrogen-bond acceptors (Lipinski definition) is 17. The number of hydrogen-bond donors (Lipinski definition) is 10. The molecule has 27 rings (SSSR count). The molecule has 9 fully saturated rings. The molecule has 6 aromatic heterocycles. The average Bonchev–Trinajstić information content (AvgIpc) is 1.67. The Kier molecular flexibility index (Phi) is 27.8. The number of aromatic nitrogens is 6. The largest absolute Gasteiger partial charge is 0.472 e. The number of halogens is 1. The summed E-state index contributed by atoms with van der Waals surface area (Å²) in [5.41, 5.74) is 27.2. The summed E-state index contributed by atoms with van der Waals surface area (Å²) >= 11 is 0. The molecular weight excluding hydrogens is 1590 g/mol. The van der Waals surface area contributed by atoms with Crippen LogP contribution in [0.1, 0.15) is 131 Å². The van der Waals surface area contributed by atoms with Gasteiger partial charge in [0, 0.05) is 112 Å². The van der Waals surface area contributed by atoms with Crippen molar-refractivity contribution in [2.24, 2.45) is 114 Å². The molecule has 15 heterocycles. The lowest BCUT2D eigenvalue weighted by Crippen LogP contribution is -2.09. The van der Waals surface area contributed by atoms with Crippen molar-refractivity contribution in [3.05, 3.63) is 292 Å². The van der Waals surface area contributed by atoms with Crippen molar-refractivity contribution in [2.45, 2.75) is 78.6 Å². The zero-order valence-corrected chi connectivity index (χ0v) is 75.0. The summed E-state index contributed by atoms with van der Waals surface area (Å²) in [5, 5.41) is 55.1. The normalized spacial score (nSPS) is 30.0. The van der Waals surface area contributed by atoms with Gasteiger partial charge in [-0.1, -0.05) is 127 Å². The first kappa shape index (κ1) is 87.1. The summed E-state index contributed by atoms with van der Waals surface area (Å²) in [4.78, 5) is 4.17. The van der Waals surface area contributed by atoms with Crippen LogP contribution in [0.3, 0.4) is 0 Å². The van der Waals surface area contributed by atoms with Crippen molar-refractivity contribution in [3.63, 3.8) is 0 Å².